The molecule has 0 saturated carbocycles. The molecule has 0 spiro atoms. The smallest absolute Gasteiger partial charge is 0.0868 e. The van der Waals surface area contributed by atoms with Crippen molar-refractivity contribution in [1.29, 1.82) is 0 Å². The van der Waals surface area contributed by atoms with Gasteiger partial charge in [0.15, 0.2) is 0 Å². The van der Waals surface area contributed by atoms with E-state index in [2.05, 4.69) is 49.9 Å². The zero-order valence-corrected chi connectivity index (χ0v) is 10.2. The van der Waals surface area contributed by atoms with Crippen LogP contribution in [-0.2, 0) is 6.42 Å². The van der Waals surface area contributed by atoms with Crippen molar-refractivity contribution in [3.8, 4) is 0 Å². The predicted octanol–water partition coefficient (Wildman–Crippen LogP) is 0.820. The number of nitrogens with zero attached hydrogens (tertiary/aromatic N) is 4. The average molecular weight is 242 g/mol. The van der Waals surface area contributed by atoms with Gasteiger partial charge in [0.05, 0.1) is 5.69 Å². The average Bonchev–Trinajstić information content (AvgIpc) is 2.93. The molecule has 2 aromatic rings. The Labute approximate surface area is 106 Å². The lowest BCUT2D eigenvalue weighted by atomic mass is 10.1. The van der Waals surface area contributed by atoms with Crippen molar-refractivity contribution in [3.05, 3.63) is 41.7 Å². The molecule has 0 aliphatic carbocycles. The minimum absolute atomic E-state index is 0.820. The highest BCUT2D eigenvalue weighted by Gasteiger charge is 2.14. The van der Waals surface area contributed by atoms with E-state index in [1.54, 1.807) is 0 Å². The van der Waals surface area contributed by atoms with E-state index in [1.165, 1.54) is 11.3 Å². The van der Waals surface area contributed by atoms with Gasteiger partial charge in [-0.25, -0.2) is 5.32 Å². The van der Waals surface area contributed by atoms with E-state index in [0.29, 0.717) is 0 Å². The zero-order valence-electron chi connectivity index (χ0n) is 10.2. The van der Waals surface area contributed by atoms with Gasteiger partial charge in [-0.3, -0.25) is 5.10 Å². The largest absolute Gasteiger partial charge is 0.369 e. The summed E-state index contributed by atoms with van der Waals surface area (Å²) in [4.78, 5) is 2.41. The molecule has 5 nitrogen and oxygen atoms in total. The van der Waals surface area contributed by atoms with E-state index in [1.807, 2.05) is 6.20 Å². The molecule has 1 aromatic carbocycles. The van der Waals surface area contributed by atoms with Crippen LogP contribution in [0.2, 0.25) is 0 Å². The fourth-order valence-electron chi connectivity index (χ4n) is 2.32. The molecule has 0 atom stereocenters. The lowest BCUT2D eigenvalue weighted by Crippen LogP contribution is -2.40. The Morgan fingerprint density at radius 1 is 1.17 bits per heavy atom. The van der Waals surface area contributed by atoms with Gasteiger partial charge in [0.25, 0.3) is 0 Å². The predicted molar refractivity (Wildman–Crippen MR) is 69.7 cm³/mol. The first-order chi connectivity index (χ1) is 8.93. The summed E-state index contributed by atoms with van der Waals surface area (Å²) in [5, 5.41) is 15.0. The highest BCUT2D eigenvalue weighted by Crippen LogP contribution is 2.22. The maximum absolute atomic E-state index is 4.39. The van der Waals surface area contributed by atoms with Gasteiger partial charge in [0.2, 0.25) is 0 Å². The number of piperazine rings is 1. The molecule has 1 N–H and O–H groups in total. The minimum Gasteiger partial charge on any atom is -0.369 e. The van der Waals surface area contributed by atoms with Crippen LogP contribution in [0, 0.1) is 0 Å². The monoisotopic (exact) mass is 242 g/mol. The van der Waals surface area contributed by atoms with Gasteiger partial charge in [0.1, 0.15) is 0 Å². The summed E-state index contributed by atoms with van der Waals surface area (Å²) < 4.78 is 0. The number of aromatic nitrogens is 3. The molecule has 93 valence electrons. The Hall–Kier alpha value is -1.88. The molecule has 1 fully saturated rings. The van der Waals surface area contributed by atoms with E-state index in [4.69, 9.17) is 0 Å². The number of hydrogen-bond acceptors (Lipinski definition) is 3. The summed E-state index contributed by atoms with van der Waals surface area (Å²) in [7, 11) is 0. The van der Waals surface area contributed by atoms with E-state index in [0.717, 1.165) is 38.3 Å². The quantitative estimate of drug-likeness (QED) is 0.867. The molecule has 1 aliphatic rings. The van der Waals surface area contributed by atoms with E-state index in [-0.39, 0.29) is 0 Å². The number of rotatable bonds is 3. The van der Waals surface area contributed by atoms with Crippen molar-refractivity contribution in [3.63, 3.8) is 0 Å². The number of anilines is 1. The summed E-state index contributed by atoms with van der Waals surface area (Å²) in [5.74, 6) is 0. The van der Waals surface area contributed by atoms with Crippen LogP contribution in [0.1, 0.15) is 11.3 Å². The first kappa shape index (κ1) is 11.2. The van der Waals surface area contributed by atoms with Crippen molar-refractivity contribution >= 4 is 5.69 Å². The van der Waals surface area contributed by atoms with E-state index in [9.17, 15) is 0 Å². The van der Waals surface area contributed by atoms with Crippen molar-refractivity contribution in [1.82, 2.24) is 20.7 Å². The van der Waals surface area contributed by atoms with Crippen molar-refractivity contribution in [2.75, 3.05) is 31.1 Å². The summed E-state index contributed by atoms with van der Waals surface area (Å²) in [6, 6.07) is 8.51. The summed E-state index contributed by atoms with van der Waals surface area (Å²) in [6.45, 7) is 3.88. The van der Waals surface area contributed by atoms with Gasteiger partial charge in [0, 0.05) is 44.5 Å². The van der Waals surface area contributed by atoms with E-state index < -0.39 is 0 Å². The molecule has 1 radical (unpaired) electrons. The Morgan fingerprint density at radius 3 is 2.78 bits per heavy atom. The summed E-state index contributed by atoms with van der Waals surface area (Å²) in [6.07, 6.45) is 2.67. The SMILES string of the molecule is c1ccc(N2CC[N]CC2)c(Cc2c[nH]nn2)c1. The topological polar surface area (TPSA) is 58.9 Å². The highest BCUT2D eigenvalue weighted by molar-refractivity contribution is 5.55. The molecule has 1 aromatic heterocycles. The number of hydrogen-bond donors (Lipinski definition) is 1. The third-order valence-electron chi connectivity index (χ3n) is 3.23. The second-order valence-corrected chi connectivity index (χ2v) is 4.43. The lowest BCUT2D eigenvalue weighted by Gasteiger charge is -2.30. The van der Waals surface area contributed by atoms with Gasteiger partial charge in [-0.1, -0.05) is 23.4 Å². The molecule has 5 heteroatoms. The van der Waals surface area contributed by atoms with Crippen LogP contribution in [-0.4, -0.2) is 41.6 Å². The van der Waals surface area contributed by atoms with Gasteiger partial charge in [-0.2, -0.15) is 0 Å². The number of H-pyrrole nitrogens is 1. The summed E-state index contributed by atoms with van der Waals surface area (Å²) in [5.41, 5.74) is 3.58. The number of aromatic amines is 1. The van der Waals surface area contributed by atoms with Gasteiger partial charge in [-0.15, -0.1) is 5.10 Å². The van der Waals surface area contributed by atoms with Crippen LogP contribution >= 0.6 is 0 Å². The van der Waals surface area contributed by atoms with Crippen molar-refractivity contribution < 1.29 is 0 Å². The second kappa shape index (κ2) is 5.18. The maximum Gasteiger partial charge on any atom is 0.0868 e. The van der Waals surface area contributed by atoms with Crippen LogP contribution in [0.25, 0.3) is 0 Å². The third-order valence-corrected chi connectivity index (χ3v) is 3.23. The first-order valence-corrected chi connectivity index (χ1v) is 6.25. The molecule has 1 aliphatic heterocycles. The number of nitrogens with one attached hydrogen (secondary N) is 1. The number of benzene rings is 1. The molecule has 1 saturated heterocycles. The van der Waals surface area contributed by atoms with Gasteiger partial charge >= 0.3 is 0 Å². The molecular formula is C13H16N5. The molecule has 3 rings (SSSR count). The maximum atomic E-state index is 4.39. The molecule has 0 amide bonds. The van der Waals surface area contributed by atoms with Crippen LogP contribution in [0.5, 0.6) is 0 Å². The number of para-hydroxylation sites is 1. The van der Waals surface area contributed by atoms with Crippen molar-refractivity contribution in [2.24, 2.45) is 0 Å². The standard InChI is InChI=1S/C13H16N5/c1-2-4-13(18-7-5-14-6-8-18)11(3-1)9-12-10-15-17-16-12/h1-4,10H,5-9H2,(H,15,16,17). The van der Waals surface area contributed by atoms with Crippen molar-refractivity contribution in [2.45, 2.75) is 6.42 Å². The lowest BCUT2D eigenvalue weighted by molar-refractivity contribution is 0.578. The fraction of sp³-hybridized carbons (Fsp3) is 0.385. The first-order valence-electron chi connectivity index (χ1n) is 6.25. The van der Waals surface area contributed by atoms with Gasteiger partial charge in [-0.05, 0) is 11.6 Å². The zero-order chi connectivity index (χ0) is 12.2. The highest BCUT2D eigenvalue weighted by atomic mass is 15.3. The molecule has 18 heavy (non-hydrogen) atoms. The normalized spacial score (nSPS) is 15.9. The minimum atomic E-state index is 0.820. The van der Waals surface area contributed by atoms with Crippen LogP contribution in [0.4, 0.5) is 5.69 Å². The van der Waals surface area contributed by atoms with Gasteiger partial charge < -0.3 is 4.90 Å². The second-order valence-electron chi connectivity index (χ2n) is 4.43. The third kappa shape index (κ3) is 2.36. The van der Waals surface area contributed by atoms with Crippen LogP contribution in [0.15, 0.2) is 30.5 Å². The Balaban J connectivity index is 1.84. The molecule has 2 heterocycles. The Bertz CT molecular complexity index is 488. The Morgan fingerprint density at radius 2 is 2.00 bits per heavy atom. The van der Waals surface area contributed by atoms with E-state index >= 15 is 0 Å². The van der Waals surface area contributed by atoms with Crippen LogP contribution < -0.4 is 10.2 Å². The fourth-order valence-corrected chi connectivity index (χ4v) is 2.32. The Kier molecular flexibility index (Phi) is 3.23. The molecule has 0 bridgehead atoms. The summed E-state index contributed by atoms with van der Waals surface area (Å²) >= 11 is 0. The molecule has 0 unspecified atom stereocenters. The van der Waals surface area contributed by atoms with Crippen LogP contribution in [0.3, 0.4) is 0 Å². The molecular weight excluding hydrogens is 226 g/mol.